The zero-order valence-corrected chi connectivity index (χ0v) is 19.1. The fourth-order valence-electron chi connectivity index (χ4n) is 2.83. The fraction of sp³-hybridized carbons (Fsp3) is 0.400. The number of nitro groups is 1. The van der Waals surface area contributed by atoms with E-state index >= 15 is 0 Å². The Morgan fingerprint density at radius 1 is 1.19 bits per heavy atom. The number of furan rings is 1. The van der Waals surface area contributed by atoms with E-state index in [1.807, 2.05) is 44.4 Å². The zero-order valence-electron chi connectivity index (χ0n) is 17.5. The van der Waals surface area contributed by atoms with Crippen molar-refractivity contribution in [1.82, 2.24) is 15.5 Å². The largest absolute Gasteiger partial charge is 0.464 e. The number of rotatable bonds is 12. The number of benzene rings is 1. The van der Waals surface area contributed by atoms with Gasteiger partial charge in [-0.15, -0.1) is 12.4 Å². The quantitative estimate of drug-likeness (QED) is 0.275. The summed E-state index contributed by atoms with van der Waals surface area (Å²) < 4.78 is 16.4. The minimum absolute atomic E-state index is 0. The maximum Gasteiger partial charge on any atom is 0.274 e. The highest BCUT2D eigenvalue weighted by Crippen LogP contribution is 2.32. The van der Waals surface area contributed by atoms with Crippen LogP contribution in [0.1, 0.15) is 17.1 Å². The molecule has 0 saturated heterocycles. The molecule has 0 aliphatic carbocycles. The smallest absolute Gasteiger partial charge is 0.274 e. The Morgan fingerprint density at radius 2 is 1.97 bits per heavy atom. The lowest BCUT2D eigenvalue weighted by Crippen LogP contribution is -2.28. The van der Waals surface area contributed by atoms with Crippen molar-refractivity contribution in [1.29, 1.82) is 0 Å². The molecule has 2 heterocycles. The summed E-state index contributed by atoms with van der Waals surface area (Å²) in [5, 5.41) is 17.1. The third-order valence-corrected chi connectivity index (χ3v) is 5.13. The van der Waals surface area contributed by atoms with Gasteiger partial charge in [0.05, 0.1) is 17.2 Å². The summed E-state index contributed by atoms with van der Waals surface area (Å²) in [6.45, 7) is 2.00. The molecule has 0 fully saturated rings. The van der Waals surface area contributed by atoms with Crippen LogP contribution in [0.2, 0.25) is 0 Å². The first-order valence-electron chi connectivity index (χ1n) is 9.51. The summed E-state index contributed by atoms with van der Waals surface area (Å²) in [5.41, 5.74) is 0.941. The molecule has 1 aromatic carbocycles. The molecule has 0 spiro atoms. The topological polar surface area (TPSA) is 102 Å². The highest BCUT2D eigenvalue weighted by Gasteiger charge is 2.13. The molecule has 0 amide bonds. The Kier molecular flexibility index (Phi) is 9.83. The molecule has 9 nitrogen and oxygen atoms in total. The number of nitrogens with zero attached hydrogens (tertiary/aromatic N) is 2. The van der Waals surface area contributed by atoms with Crippen LogP contribution in [0.5, 0.6) is 11.5 Å². The average molecular weight is 471 g/mol. The lowest BCUT2D eigenvalue weighted by molar-refractivity contribution is -0.404. The van der Waals surface area contributed by atoms with Crippen molar-refractivity contribution in [3.05, 3.63) is 69.6 Å². The summed E-state index contributed by atoms with van der Waals surface area (Å²) in [7, 11) is 4.00. The number of hydrogen-bond acceptors (Lipinski definition) is 9. The fourth-order valence-corrected chi connectivity index (χ4v) is 3.58. The van der Waals surface area contributed by atoms with Crippen LogP contribution in [0.15, 0.2) is 46.8 Å². The van der Waals surface area contributed by atoms with Crippen LogP contribution >= 0.6 is 24.2 Å². The van der Waals surface area contributed by atoms with Gasteiger partial charge in [0.15, 0.2) is 17.3 Å². The van der Waals surface area contributed by atoms with E-state index in [0.29, 0.717) is 30.4 Å². The van der Waals surface area contributed by atoms with Gasteiger partial charge in [0.2, 0.25) is 6.79 Å². The first-order chi connectivity index (χ1) is 14.5. The molecule has 0 saturated carbocycles. The molecule has 0 unspecified atom stereocenters. The molecule has 31 heavy (non-hydrogen) atoms. The maximum atomic E-state index is 10.9. The summed E-state index contributed by atoms with van der Waals surface area (Å²) in [4.78, 5) is 12.5. The van der Waals surface area contributed by atoms with Gasteiger partial charge in [0.25, 0.3) is 6.20 Å². The van der Waals surface area contributed by atoms with E-state index in [4.69, 9.17) is 13.9 Å². The molecule has 2 aromatic rings. The van der Waals surface area contributed by atoms with E-state index in [-0.39, 0.29) is 19.2 Å². The van der Waals surface area contributed by atoms with Crippen LogP contribution in [-0.4, -0.2) is 43.0 Å². The lowest BCUT2D eigenvalue weighted by atomic mass is 10.2. The molecule has 0 radical (unpaired) electrons. The van der Waals surface area contributed by atoms with E-state index in [0.717, 1.165) is 41.3 Å². The second-order valence-electron chi connectivity index (χ2n) is 6.95. The molecule has 0 atom stereocenters. The second kappa shape index (κ2) is 12.3. The number of halogens is 1. The number of fused-ring (bicyclic) bond motifs is 1. The van der Waals surface area contributed by atoms with E-state index in [1.165, 1.54) is 0 Å². The van der Waals surface area contributed by atoms with Crippen LogP contribution in [0.3, 0.4) is 0 Å². The van der Waals surface area contributed by atoms with Crippen LogP contribution in [-0.2, 0) is 18.8 Å². The summed E-state index contributed by atoms with van der Waals surface area (Å²) in [5.74, 6) is 5.17. The Morgan fingerprint density at radius 3 is 2.74 bits per heavy atom. The van der Waals surface area contributed by atoms with Crippen molar-refractivity contribution in [2.45, 2.75) is 18.8 Å². The standard InChI is InChI=1S/C20H26N4O5S.ClH/c1-23(2)11-16-4-5-17(29-16)13-30-8-7-21-20(12-24(25)26)22-10-15-3-6-18-19(9-15)28-14-27-18;/h3-6,9,12,21-22H,7-8,10-11,13-14H2,1-2H3;1H. The van der Waals surface area contributed by atoms with Crippen molar-refractivity contribution in [2.24, 2.45) is 0 Å². The van der Waals surface area contributed by atoms with Gasteiger partial charge in [-0.05, 0) is 43.9 Å². The summed E-state index contributed by atoms with van der Waals surface area (Å²) >= 11 is 1.70. The molecule has 1 aliphatic rings. The number of hydrogen-bond donors (Lipinski definition) is 2. The monoisotopic (exact) mass is 470 g/mol. The van der Waals surface area contributed by atoms with Gasteiger partial charge >= 0.3 is 0 Å². The van der Waals surface area contributed by atoms with E-state index in [9.17, 15) is 10.1 Å². The van der Waals surface area contributed by atoms with Gasteiger partial charge < -0.3 is 29.4 Å². The average Bonchev–Trinajstić information content (AvgIpc) is 3.33. The van der Waals surface area contributed by atoms with Crippen molar-refractivity contribution < 1.29 is 18.8 Å². The van der Waals surface area contributed by atoms with E-state index in [2.05, 4.69) is 15.5 Å². The molecular formula is C20H27ClN4O5S. The van der Waals surface area contributed by atoms with E-state index in [1.54, 1.807) is 11.8 Å². The maximum absolute atomic E-state index is 10.9. The number of nitrogens with one attached hydrogen (secondary N) is 2. The first-order valence-corrected chi connectivity index (χ1v) is 10.7. The molecule has 3 rings (SSSR count). The highest BCUT2D eigenvalue weighted by molar-refractivity contribution is 7.98. The van der Waals surface area contributed by atoms with Gasteiger partial charge in [-0.1, -0.05) is 6.07 Å². The van der Waals surface area contributed by atoms with Crippen molar-refractivity contribution in [3.63, 3.8) is 0 Å². The Balaban J connectivity index is 0.00000341. The minimum atomic E-state index is -0.475. The Bertz CT molecular complexity index is 890. The van der Waals surface area contributed by atoms with Crippen LogP contribution < -0.4 is 20.1 Å². The van der Waals surface area contributed by atoms with Gasteiger partial charge in [-0.3, -0.25) is 10.1 Å². The minimum Gasteiger partial charge on any atom is -0.464 e. The first kappa shape index (κ1) is 24.7. The van der Waals surface area contributed by atoms with Crippen LogP contribution in [0.25, 0.3) is 0 Å². The van der Waals surface area contributed by atoms with Gasteiger partial charge in [-0.25, -0.2) is 0 Å². The predicted molar refractivity (Wildman–Crippen MR) is 122 cm³/mol. The van der Waals surface area contributed by atoms with Crippen LogP contribution in [0.4, 0.5) is 0 Å². The van der Waals surface area contributed by atoms with Gasteiger partial charge in [0, 0.05) is 18.8 Å². The summed E-state index contributed by atoms with van der Waals surface area (Å²) in [6.07, 6.45) is 0.942. The molecular weight excluding hydrogens is 444 g/mol. The second-order valence-corrected chi connectivity index (χ2v) is 8.06. The Hall–Kier alpha value is -2.56. The third kappa shape index (κ3) is 8.23. The number of thioether (sulfide) groups is 1. The molecule has 1 aromatic heterocycles. The summed E-state index contributed by atoms with van der Waals surface area (Å²) in [6, 6.07) is 9.58. The predicted octanol–water partition coefficient (Wildman–Crippen LogP) is 3.18. The SMILES string of the molecule is CN(C)Cc1ccc(CSCCNC(=C[N+](=O)[O-])NCc2ccc3c(c2)OCO3)o1.Cl. The van der Waals surface area contributed by atoms with Gasteiger partial charge in [-0.2, -0.15) is 11.8 Å². The lowest BCUT2D eigenvalue weighted by Gasteiger charge is -2.11. The molecule has 0 bridgehead atoms. The molecule has 2 N–H and O–H groups in total. The zero-order chi connectivity index (χ0) is 21.3. The molecule has 1 aliphatic heterocycles. The highest BCUT2D eigenvalue weighted by atomic mass is 35.5. The van der Waals surface area contributed by atoms with Crippen molar-refractivity contribution in [3.8, 4) is 11.5 Å². The van der Waals surface area contributed by atoms with Crippen molar-refractivity contribution in [2.75, 3.05) is 33.2 Å². The van der Waals surface area contributed by atoms with Crippen molar-refractivity contribution >= 4 is 24.2 Å². The number of ether oxygens (including phenoxy) is 2. The van der Waals surface area contributed by atoms with Crippen LogP contribution in [0, 0.1) is 10.1 Å². The van der Waals surface area contributed by atoms with Gasteiger partial charge in [0.1, 0.15) is 11.5 Å². The van der Waals surface area contributed by atoms with E-state index < -0.39 is 4.92 Å². The normalized spacial score (nSPS) is 12.5. The third-order valence-electron chi connectivity index (χ3n) is 4.15. The Labute approximate surface area is 191 Å². The molecule has 170 valence electrons. The molecule has 11 heteroatoms.